The van der Waals surface area contributed by atoms with E-state index in [1.54, 1.807) is 7.11 Å². The Labute approximate surface area is 112 Å². The first-order valence-corrected chi connectivity index (χ1v) is 6.66. The Bertz CT molecular complexity index is 279. The van der Waals surface area contributed by atoms with E-state index in [2.05, 4.69) is 26.8 Å². The van der Waals surface area contributed by atoms with Gasteiger partial charge in [0.25, 0.3) is 0 Å². The molecule has 0 saturated heterocycles. The van der Waals surface area contributed by atoms with Crippen molar-refractivity contribution in [1.82, 2.24) is 0 Å². The monoisotopic (exact) mass is 256 g/mol. The minimum absolute atomic E-state index is 0.0771. The number of carbonyl (C=O) groups excluding carboxylic acids is 1. The van der Waals surface area contributed by atoms with Gasteiger partial charge >= 0.3 is 5.97 Å². The van der Waals surface area contributed by atoms with Crippen LogP contribution in [0.1, 0.15) is 41.5 Å². The number of rotatable bonds is 7. The fourth-order valence-electron chi connectivity index (χ4n) is 1.94. The molecule has 0 aromatic rings. The van der Waals surface area contributed by atoms with Crippen LogP contribution in [0.4, 0.5) is 0 Å². The van der Waals surface area contributed by atoms with Crippen LogP contribution in [0.15, 0.2) is 11.6 Å². The molecule has 0 N–H and O–H groups in total. The number of hydrogen-bond donors (Lipinski definition) is 0. The second-order valence-electron chi connectivity index (χ2n) is 5.61. The van der Waals surface area contributed by atoms with Gasteiger partial charge in [-0.25, -0.2) is 0 Å². The van der Waals surface area contributed by atoms with E-state index in [1.165, 1.54) is 0 Å². The van der Waals surface area contributed by atoms with Gasteiger partial charge in [0.15, 0.2) is 0 Å². The van der Waals surface area contributed by atoms with Gasteiger partial charge in [-0.3, -0.25) is 4.79 Å². The molecule has 2 atom stereocenters. The molecule has 0 heterocycles. The van der Waals surface area contributed by atoms with E-state index in [4.69, 9.17) is 9.47 Å². The number of esters is 1. The van der Waals surface area contributed by atoms with Crippen LogP contribution >= 0.6 is 0 Å². The fourth-order valence-corrected chi connectivity index (χ4v) is 1.94. The molecule has 0 unspecified atom stereocenters. The number of hydrogen-bond acceptors (Lipinski definition) is 3. The molecular formula is C15H28O3. The third-order valence-electron chi connectivity index (χ3n) is 2.82. The third kappa shape index (κ3) is 6.20. The lowest BCUT2D eigenvalue weighted by Crippen LogP contribution is -2.31. The van der Waals surface area contributed by atoms with E-state index in [9.17, 15) is 4.79 Å². The van der Waals surface area contributed by atoms with Crippen molar-refractivity contribution in [2.24, 2.45) is 17.8 Å². The predicted molar refractivity (Wildman–Crippen MR) is 74.4 cm³/mol. The summed E-state index contributed by atoms with van der Waals surface area (Å²) in [5.41, 5.74) is 1.16. The maximum Gasteiger partial charge on any atom is 0.308 e. The van der Waals surface area contributed by atoms with Crippen LogP contribution < -0.4 is 0 Å². The summed E-state index contributed by atoms with van der Waals surface area (Å²) >= 11 is 0. The van der Waals surface area contributed by atoms with Gasteiger partial charge in [0.1, 0.15) is 6.10 Å². The molecule has 0 radical (unpaired) electrons. The molecule has 0 aliphatic rings. The summed E-state index contributed by atoms with van der Waals surface area (Å²) in [6, 6.07) is 0. The molecule has 0 aromatic heterocycles. The van der Waals surface area contributed by atoms with Gasteiger partial charge in [0.2, 0.25) is 0 Å². The van der Waals surface area contributed by atoms with Crippen molar-refractivity contribution in [3.63, 3.8) is 0 Å². The molecule has 0 aliphatic carbocycles. The quantitative estimate of drug-likeness (QED) is 0.517. The van der Waals surface area contributed by atoms with E-state index in [0.717, 1.165) is 5.57 Å². The molecule has 106 valence electrons. The standard InChI is InChI=1S/C15H28O3/c1-10(2)14(18-15(16)11(3)4)13(6)8-12(5)9-17-7/h8,10-11,13-14H,9H2,1-7H3/b12-8+/t13-,14+/m0/s1. The van der Waals surface area contributed by atoms with Crippen molar-refractivity contribution < 1.29 is 14.3 Å². The molecule has 0 amide bonds. The highest BCUT2D eigenvalue weighted by Crippen LogP contribution is 2.20. The Hall–Kier alpha value is -0.830. The highest BCUT2D eigenvalue weighted by atomic mass is 16.5. The van der Waals surface area contributed by atoms with Gasteiger partial charge in [-0.1, -0.05) is 46.3 Å². The van der Waals surface area contributed by atoms with Gasteiger partial charge in [-0.05, 0) is 12.8 Å². The van der Waals surface area contributed by atoms with Crippen molar-refractivity contribution in [3.05, 3.63) is 11.6 Å². The smallest absolute Gasteiger partial charge is 0.308 e. The molecule has 18 heavy (non-hydrogen) atoms. The lowest BCUT2D eigenvalue weighted by atomic mass is 9.93. The highest BCUT2D eigenvalue weighted by Gasteiger charge is 2.24. The van der Waals surface area contributed by atoms with Crippen molar-refractivity contribution >= 4 is 5.97 Å². The third-order valence-corrected chi connectivity index (χ3v) is 2.82. The van der Waals surface area contributed by atoms with Crippen molar-refractivity contribution in [1.29, 1.82) is 0 Å². The average Bonchev–Trinajstić information content (AvgIpc) is 2.24. The van der Waals surface area contributed by atoms with E-state index in [1.807, 2.05) is 20.8 Å². The summed E-state index contributed by atoms with van der Waals surface area (Å²) in [4.78, 5) is 11.7. The van der Waals surface area contributed by atoms with Crippen molar-refractivity contribution in [2.75, 3.05) is 13.7 Å². The first kappa shape index (κ1) is 17.2. The lowest BCUT2D eigenvalue weighted by molar-refractivity contribution is -0.157. The van der Waals surface area contributed by atoms with Crippen LogP contribution in [0.3, 0.4) is 0 Å². The zero-order valence-electron chi connectivity index (χ0n) is 12.8. The minimum Gasteiger partial charge on any atom is -0.461 e. The van der Waals surface area contributed by atoms with Gasteiger partial charge in [0, 0.05) is 13.0 Å². The van der Waals surface area contributed by atoms with E-state index >= 15 is 0 Å². The Balaban J connectivity index is 4.69. The highest BCUT2D eigenvalue weighted by molar-refractivity contribution is 5.71. The summed E-state index contributed by atoms with van der Waals surface area (Å²) < 4.78 is 10.7. The Kier molecular flexibility index (Phi) is 7.92. The summed E-state index contributed by atoms with van der Waals surface area (Å²) in [5.74, 6) is 0.290. The van der Waals surface area contributed by atoms with Gasteiger partial charge in [0.05, 0.1) is 12.5 Å². The zero-order valence-corrected chi connectivity index (χ0v) is 12.8. The summed E-state index contributed by atoms with van der Waals surface area (Å²) in [7, 11) is 1.68. The molecule has 0 rings (SSSR count). The minimum atomic E-state index is -0.127. The van der Waals surface area contributed by atoms with Crippen molar-refractivity contribution in [2.45, 2.75) is 47.6 Å². The predicted octanol–water partition coefficient (Wildman–Crippen LogP) is 3.44. The SMILES string of the molecule is COC/C(C)=C/[C@H](C)[C@H](OC(=O)C(C)C)C(C)C. The van der Waals surface area contributed by atoms with Crippen LogP contribution in [0.5, 0.6) is 0 Å². The fraction of sp³-hybridized carbons (Fsp3) is 0.800. The molecular weight excluding hydrogens is 228 g/mol. The van der Waals surface area contributed by atoms with E-state index < -0.39 is 0 Å². The Morgan fingerprint density at radius 2 is 1.72 bits per heavy atom. The molecule has 0 fully saturated rings. The number of methoxy groups -OCH3 is 1. The zero-order chi connectivity index (χ0) is 14.3. The normalized spacial score (nSPS) is 15.9. The van der Waals surface area contributed by atoms with Crippen LogP contribution in [0.2, 0.25) is 0 Å². The average molecular weight is 256 g/mol. The van der Waals surface area contributed by atoms with Crippen LogP contribution in [0, 0.1) is 17.8 Å². The van der Waals surface area contributed by atoms with Crippen LogP contribution in [-0.2, 0) is 14.3 Å². The molecule has 0 saturated carbocycles. The maximum atomic E-state index is 11.7. The summed E-state index contributed by atoms with van der Waals surface area (Å²) in [6.45, 7) is 12.6. The number of ether oxygens (including phenoxy) is 2. The Morgan fingerprint density at radius 1 is 1.17 bits per heavy atom. The Morgan fingerprint density at radius 3 is 2.11 bits per heavy atom. The van der Waals surface area contributed by atoms with Gasteiger partial charge < -0.3 is 9.47 Å². The lowest BCUT2D eigenvalue weighted by Gasteiger charge is -2.27. The first-order chi connectivity index (χ1) is 8.29. The topological polar surface area (TPSA) is 35.5 Å². The van der Waals surface area contributed by atoms with Crippen molar-refractivity contribution in [3.8, 4) is 0 Å². The molecule has 3 nitrogen and oxygen atoms in total. The second kappa shape index (κ2) is 8.30. The molecule has 3 heteroatoms. The summed E-state index contributed by atoms with van der Waals surface area (Å²) in [5, 5.41) is 0. The van der Waals surface area contributed by atoms with E-state index in [0.29, 0.717) is 12.5 Å². The van der Waals surface area contributed by atoms with Gasteiger partial charge in [-0.15, -0.1) is 0 Å². The van der Waals surface area contributed by atoms with Crippen LogP contribution in [-0.4, -0.2) is 25.8 Å². The van der Waals surface area contributed by atoms with Gasteiger partial charge in [-0.2, -0.15) is 0 Å². The molecule has 0 aromatic carbocycles. The van der Waals surface area contributed by atoms with Crippen LogP contribution in [0.25, 0.3) is 0 Å². The molecule has 0 aliphatic heterocycles. The summed E-state index contributed by atoms with van der Waals surface area (Å²) in [6.07, 6.45) is 2.05. The van der Waals surface area contributed by atoms with E-state index in [-0.39, 0.29) is 23.9 Å². The first-order valence-electron chi connectivity index (χ1n) is 6.66. The number of carbonyl (C=O) groups is 1. The largest absolute Gasteiger partial charge is 0.461 e. The molecule has 0 bridgehead atoms. The molecule has 0 spiro atoms. The second-order valence-corrected chi connectivity index (χ2v) is 5.61. The maximum absolute atomic E-state index is 11.7.